The molecule has 1 aromatic rings. The fourth-order valence-corrected chi connectivity index (χ4v) is 1.96. The Labute approximate surface area is 118 Å². The molecule has 0 aromatic heterocycles. The monoisotopic (exact) mass is 279 g/mol. The zero-order valence-electron chi connectivity index (χ0n) is 11.5. The van der Waals surface area contributed by atoms with E-state index in [1.54, 1.807) is 4.90 Å². The fraction of sp³-hybridized carbons (Fsp3) is 0.500. The zero-order valence-corrected chi connectivity index (χ0v) is 11.5. The maximum absolute atomic E-state index is 11.9. The number of rotatable bonds is 6. The standard InChI is InChI=1S/C14H21N3O3/c15-4-5-16-12-2-1-3-13(10-12)20-11-14(18)17-6-8-19-9-7-17/h1-3,10,16H,4-9,11,15H2. The van der Waals surface area contributed by atoms with Crippen LogP contribution in [0.25, 0.3) is 0 Å². The van der Waals surface area contributed by atoms with Gasteiger partial charge in [-0.05, 0) is 12.1 Å². The van der Waals surface area contributed by atoms with Gasteiger partial charge in [-0.25, -0.2) is 0 Å². The van der Waals surface area contributed by atoms with Crippen molar-refractivity contribution in [2.24, 2.45) is 5.73 Å². The highest BCUT2D eigenvalue weighted by molar-refractivity contribution is 5.77. The molecule has 6 heteroatoms. The highest BCUT2D eigenvalue weighted by Crippen LogP contribution is 2.17. The summed E-state index contributed by atoms with van der Waals surface area (Å²) < 4.78 is 10.8. The van der Waals surface area contributed by atoms with E-state index in [0.717, 1.165) is 5.69 Å². The molecule has 1 fully saturated rings. The largest absolute Gasteiger partial charge is 0.484 e. The third kappa shape index (κ3) is 4.40. The van der Waals surface area contributed by atoms with E-state index in [1.807, 2.05) is 24.3 Å². The quantitative estimate of drug-likeness (QED) is 0.783. The highest BCUT2D eigenvalue weighted by atomic mass is 16.5. The van der Waals surface area contributed by atoms with Crippen molar-refractivity contribution in [3.05, 3.63) is 24.3 Å². The first-order chi connectivity index (χ1) is 9.79. The van der Waals surface area contributed by atoms with Gasteiger partial charge in [0.1, 0.15) is 5.75 Å². The van der Waals surface area contributed by atoms with Crippen molar-refractivity contribution in [2.45, 2.75) is 0 Å². The number of carbonyl (C=O) groups is 1. The molecule has 0 spiro atoms. The van der Waals surface area contributed by atoms with E-state index in [4.69, 9.17) is 15.2 Å². The average Bonchev–Trinajstić information content (AvgIpc) is 2.52. The van der Waals surface area contributed by atoms with Gasteiger partial charge in [0.05, 0.1) is 13.2 Å². The zero-order chi connectivity index (χ0) is 14.2. The lowest BCUT2D eigenvalue weighted by atomic mass is 10.3. The summed E-state index contributed by atoms with van der Waals surface area (Å²) in [7, 11) is 0. The molecule has 0 radical (unpaired) electrons. The number of carbonyl (C=O) groups excluding carboxylic acids is 1. The minimum absolute atomic E-state index is 0.00591. The Kier molecular flexibility index (Phi) is 5.64. The molecule has 0 unspecified atom stereocenters. The van der Waals surface area contributed by atoms with Gasteiger partial charge in [-0.3, -0.25) is 4.79 Å². The molecule has 0 aliphatic carbocycles. The molecule has 1 aliphatic rings. The van der Waals surface area contributed by atoms with E-state index in [9.17, 15) is 4.79 Å². The van der Waals surface area contributed by atoms with Gasteiger partial charge in [0, 0.05) is 37.9 Å². The Balaban J connectivity index is 1.82. The molecule has 2 rings (SSSR count). The number of anilines is 1. The molecule has 6 nitrogen and oxygen atoms in total. The molecular formula is C14H21N3O3. The van der Waals surface area contributed by atoms with Crippen molar-refractivity contribution in [1.29, 1.82) is 0 Å². The van der Waals surface area contributed by atoms with Crippen LogP contribution < -0.4 is 15.8 Å². The first kappa shape index (κ1) is 14.6. The lowest BCUT2D eigenvalue weighted by Gasteiger charge is -2.26. The molecule has 1 saturated heterocycles. The van der Waals surface area contributed by atoms with Crippen LogP contribution in [0.3, 0.4) is 0 Å². The van der Waals surface area contributed by atoms with Crippen LogP contribution in [0.1, 0.15) is 0 Å². The first-order valence-electron chi connectivity index (χ1n) is 6.82. The lowest BCUT2D eigenvalue weighted by molar-refractivity contribution is -0.137. The number of nitrogens with zero attached hydrogens (tertiary/aromatic N) is 1. The molecule has 0 atom stereocenters. The van der Waals surface area contributed by atoms with Crippen molar-refractivity contribution < 1.29 is 14.3 Å². The Bertz CT molecular complexity index is 433. The number of amides is 1. The molecule has 1 amide bonds. The summed E-state index contributed by atoms with van der Waals surface area (Å²) in [4.78, 5) is 13.7. The predicted molar refractivity (Wildman–Crippen MR) is 76.9 cm³/mol. The maximum Gasteiger partial charge on any atom is 0.260 e. The Morgan fingerprint density at radius 2 is 2.20 bits per heavy atom. The predicted octanol–water partition coefficient (Wildman–Crippen LogP) is 0.295. The summed E-state index contributed by atoms with van der Waals surface area (Å²) >= 11 is 0. The van der Waals surface area contributed by atoms with Crippen LogP contribution in [0.2, 0.25) is 0 Å². The van der Waals surface area contributed by atoms with Crippen molar-refractivity contribution in [3.63, 3.8) is 0 Å². The lowest BCUT2D eigenvalue weighted by Crippen LogP contribution is -2.42. The minimum Gasteiger partial charge on any atom is -0.484 e. The Morgan fingerprint density at radius 1 is 1.40 bits per heavy atom. The van der Waals surface area contributed by atoms with Crippen molar-refractivity contribution in [1.82, 2.24) is 4.90 Å². The highest BCUT2D eigenvalue weighted by Gasteiger charge is 2.17. The van der Waals surface area contributed by atoms with Gasteiger partial charge in [0.2, 0.25) is 0 Å². The summed E-state index contributed by atoms with van der Waals surface area (Å²) in [6.07, 6.45) is 0. The first-order valence-corrected chi connectivity index (χ1v) is 6.82. The van der Waals surface area contributed by atoms with E-state index in [1.165, 1.54) is 0 Å². The van der Waals surface area contributed by atoms with Gasteiger partial charge in [0.25, 0.3) is 5.91 Å². The molecule has 3 N–H and O–H groups in total. The second-order valence-electron chi connectivity index (χ2n) is 4.53. The van der Waals surface area contributed by atoms with Crippen molar-refractivity contribution in [3.8, 4) is 5.75 Å². The van der Waals surface area contributed by atoms with Crippen LogP contribution in [-0.4, -0.2) is 56.8 Å². The van der Waals surface area contributed by atoms with Gasteiger partial charge in [-0.1, -0.05) is 6.07 Å². The number of hydrogen-bond acceptors (Lipinski definition) is 5. The van der Waals surface area contributed by atoms with E-state index < -0.39 is 0 Å². The third-order valence-electron chi connectivity index (χ3n) is 3.03. The topological polar surface area (TPSA) is 76.8 Å². The SMILES string of the molecule is NCCNc1cccc(OCC(=O)N2CCOCC2)c1. The number of nitrogens with two attached hydrogens (primary N) is 1. The molecule has 1 aliphatic heterocycles. The number of ether oxygens (including phenoxy) is 2. The summed E-state index contributed by atoms with van der Waals surface area (Å²) in [6.45, 7) is 3.81. The summed E-state index contributed by atoms with van der Waals surface area (Å²) in [6, 6.07) is 7.52. The molecule has 0 bridgehead atoms. The maximum atomic E-state index is 11.9. The molecular weight excluding hydrogens is 258 g/mol. The minimum atomic E-state index is -0.00591. The van der Waals surface area contributed by atoms with Crippen LogP contribution in [0.15, 0.2) is 24.3 Å². The molecule has 110 valence electrons. The molecule has 1 aromatic carbocycles. The Morgan fingerprint density at radius 3 is 2.95 bits per heavy atom. The van der Waals surface area contributed by atoms with Gasteiger partial charge in [-0.2, -0.15) is 0 Å². The van der Waals surface area contributed by atoms with Crippen LogP contribution in [0, 0.1) is 0 Å². The second-order valence-corrected chi connectivity index (χ2v) is 4.53. The Hall–Kier alpha value is -1.79. The van der Waals surface area contributed by atoms with Crippen LogP contribution in [0.5, 0.6) is 5.75 Å². The second kappa shape index (κ2) is 7.72. The normalized spacial score (nSPS) is 14.9. The van der Waals surface area contributed by atoms with E-state index in [-0.39, 0.29) is 12.5 Å². The van der Waals surface area contributed by atoms with E-state index in [0.29, 0.717) is 45.1 Å². The number of morpholine rings is 1. The molecule has 20 heavy (non-hydrogen) atoms. The van der Waals surface area contributed by atoms with E-state index >= 15 is 0 Å². The van der Waals surface area contributed by atoms with Crippen LogP contribution in [-0.2, 0) is 9.53 Å². The summed E-state index contributed by atoms with van der Waals surface area (Å²) in [5.74, 6) is 0.669. The summed E-state index contributed by atoms with van der Waals surface area (Å²) in [5.41, 5.74) is 6.38. The van der Waals surface area contributed by atoms with Gasteiger partial charge in [-0.15, -0.1) is 0 Å². The van der Waals surface area contributed by atoms with Gasteiger partial charge in [0.15, 0.2) is 6.61 Å². The fourth-order valence-electron chi connectivity index (χ4n) is 1.96. The van der Waals surface area contributed by atoms with Crippen molar-refractivity contribution in [2.75, 3.05) is 51.3 Å². The number of nitrogens with one attached hydrogen (secondary N) is 1. The summed E-state index contributed by atoms with van der Waals surface area (Å²) in [5, 5.41) is 3.17. The number of hydrogen-bond donors (Lipinski definition) is 2. The molecule has 1 heterocycles. The van der Waals surface area contributed by atoms with Gasteiger partial charge < -0.3 is 25.4 Å². The van der Waals surface area contributed by atoms with Crippen molar-refractivity contribution >= 4 is 11.6 Å². The smallest absolute Gasteiger partial charge is 0.260 e. The third-order valence-corrected chi connectivity index (χ3v) is 3.03. The molecule has 0 saturated carbocycles. The average molecular weight is 279 g/mol. The van der Waals surface area contributed by atoms with Gasteiger partial charge >= 0.3 is 0 Å². The number of benzene rings is 1. The van der Waals surface area contributed by atoms with Crippen LogP contribution in [0.4, 0.5) is 5.69 Å². The van der Waals surface area contributed by atoms with E-state index in [2.05, 4.69) is 5.32 Å². The van der Waals surface area contributed by atoms with Crippen LogP contribution >= 0.6 is 0 Å².